The van der Waals surface area contributed by atoms with E-state index in [0.29, 0.717) is 0 Å². The van der Waals surface area contributed by atoms with Gasteiger partial charge in [-0.2, -0.15) is 11.8 Å². The molecule has 0 aliphatic carbocycles. The highest BCUT2D eigenvalue weighted by Crippen LogP contribution is 2.23. The van der Waals surface area contributed by atoms with E-state index in [-0.39, 0.29) is 16.6 Å². The van der Waals surface area contributed by atoms with Crippen LogP contribution in [0.4, 0.5) is 0 Å². The smallest absolute Gasteiger partial charge is 0.224 e. The number of piperidine rings is 1. The second-order valence-corrected chi connectivity index (χ2v) is 9.67. The predicted octanol–water partition coefficient (Wildman–Crippen LogP) is 3.85. The van der Waals surface area contributed by atoms with Crippen LogP contribution in [0.5, 0.6) is 0 Å². The minimum Gasteiger partial charge on any atom is -0.355 e. The molecule has 0 aromatic heterocycles. The number of nitrogens with zero attached hydrogens (tertiary/aromatic N) is 1. The van der Waals surface area contributed by atoms with E-state index in [1.54, 1.807) is 0 Å². The van der Waals surface area contributed by atoms with Gasteiger partial charge in [0.05, 0.1) is 5.92 Å². The maximum atomic E-state index is 12.4. The van der Waals surface area contributed by atoms with Crippen molar-refractivity contribution in [1.29, 1.82) is 0 Å². The minimum absolute atomic E-state index is 0.141. The molecule has 134 valence electrons. The first-order valence-corrected chi connectivity index (χ1v) is 10.0. The number of carbonyl (C=O) groups is 1. The highest BCUT2D eigenvalue weighted by molar-refractivity contribution is 8.00. The maximum Gasteiger partial charge on any atom is 0.224 e. The number of hydrogen-bond acceptors (Lipinski definition) is 3. The van der Waals surface area contributed by atoms with Crippen molar-refractivity contribution >= 4 is 17.7 Å². The highest BCUT2D eigenvalue weighted by Gasteiger charge is 2.25. The molecule has 0 saturated carbocycles. The first kappa shape index (κ1) is 19.3. The summed E-state index contributed by atoms with van der Waals surface area (Å²) in [6.45, 7) is 12.5. The molecule has 1 aliphatic heterocycles. The van der Waals surface area contributed by atoms with Gasteiger partial charge in [0.25, 0.3) is 0 Å². The van der Waals surface area contributed by atoms with Crippen molar-refractivity contribution in [2.75, 3.05) is 25.4 Å². The summed E-state index contributed by atoms with van der Waals surface area (Å²) >= 11 is 1.90. The molecule has 1 saturated heterocycles. The lowest BCUT2D eigenvalue weighted by Gasteiger charge is -2.32. The van der Waals surface area contributed by atoms with Gasteiger partial charge in [-0.05, 0) is 37.4 Å². The first-order chi connectivity index (χ1) is 11.3. The number of benzene rings is 1. The molecule has 1 heterocycles. The van der Waals surface area contributed by atoms with E-state index in [0.717, 1.165) is 44.8 Å². The monoisotopic (exact) mass is 348 g/mol. The third kappa shape index (κ3) is 6.48. The fourth-order valence-electron chi connectivity index (χ4n) is 3.12. The van der Waals surface area contributed by atoms with Gasteiger partial charge in [0.2, 0.25) is 5.91 Å². The molecule has 1 atom stereocenters. The van der Waals surface area contributed by atoms with E-state index in [9.17, 15) is 4.79 Å². The summed E-state index contributed by atoms with van der Waals surface area (Å²) < 4.78 is 0.264. The molecule has 1 unspecified atom stereocenters. The quantitative estimate of drug-likeness (QED) is 0.793. The van der Waals surface area contributed by atoms with Gasteiger partial charge in [0.1, 0.15) is 0 Å². The zero-order chi connectivity index (χ0) is 17.6. The predicted molar refractivity (Wildman–Crippen MR) is 104 cm³/mol. The Morgan fingerprint density at radius 3 is 2.79 bits per heavy atom. The highest BCUT2D eigenvalue weighted by atomic mass is 32.2. The van der Waals surface area contributed by atoms with Gasteiger partial charge in [-0.1, -0.05) is 45.0 Å². The van der Waals surface area contributed by atoms with Crippen LogP contribution < -0.4 is 5.32 Å². The molecule has 1 aromatic rings. The van der Waals surface area contributed by atoms with Crippen LogP contribution >= 0.6 is 11.8 Å². The molecule has 1 aromatic carbocycles. The Kier molecular flexibility index (Phi) is 7.17. The molecular weight excluding hydrogens is 316 g/mol. The lowest BCUT2D eigenvalue weighted by atomic mass is 9.96. The van der Waals surface area contributed by atoms with Gasteiger partial charge >= 0.3 is 0 Å². The van der Waals surface area contributed by atoms with Crippen LogP contribution in [-0.4, -0.2) is 40.9 Å². The molecule has 1 N–H and O–H groups in total. The Labute approximate surface area is 151 Å². The van der Waals surface area contributed by atoms with Crippen molar-refractivity contribution in [3.05, 3.63) is 35.4 Å². The Balaban J connectivity index is 1.78. The van der Waals surface area contributed by atoms with Crippen molar-refractivity contribution in [2.45, 2.75) is 51.8 Å². The SMILES string of the molecule is Cc1ccccc1CN1CCCC(C(=O)NCCSC(C)(C)C)C1. The van der Waals surface area contributed by atoms with Gasteiger partial charge in [-0.25, -0.2) is 0 Å². The van der Waals surface area contributed by atoms with Crippen LogP contribution in [0.3, 0.4) is 0 Å². The molecule has 4 heteroatoms. The number of aryl methyl sites for hydroxylation is 1. The molecule has 2 rings (SSSR count). The standard InChI is InChI=1S/C20H32N2OS/c1-16-8-5-6-9-17(16)14-22-12-7-10-18(15-22)19(23)21-11-13-24-20(2,3)4/h5-6,8-9,18H,7,10-15H2,1-4H3,(H,21,23). The number of nitrogens with one attached hydrogen (secondary N) is 1. The van der Waals surface area contributed by atoms with Crippen LogP contribution in [0.1, 0.15) is 44.7 Å². The van der Waals surface area contributed by atoms with E-state index < -0.39 is 0 Å². The van der Waals surface area contributed by atoms with Crippen LogP contribution in [0.15, 0.2) is 24.3 Å². The Bertz CT molecular complexity index is 539. The Morgan fingerprint density at radius 1 is 1.33 bits per heavy atom. The van der Waals surface area contributed by atoms with Crippen molar-refractivity contribution < 1.29 is 4.79 Å². The number of likely N-dealkylation sites (tertiary alicyclic amines) is 1. The van der Waals surface area contributed by atoms with Gasteiger partial charge in [-0.3, -0.25) is 9.69 Å². The number of thioether (sulfide) groups is 1. The van der Waals surface area contributed by atoms with E-state index in [1.807, 2.05) is 11.8 Å². The summed E-state index contributed by atoms with van der Waals surface area (Å²) in [6.07, 6.45) is 2.13. The lowest BCUT2D eigenvalue weighted by Crippen LogP contribution is -2.43. The van der Waals surface area contributed by atoms with Crippen LogP contribution in [0.25, 0.3) is 0 Å². The molecule has 1 amide bonds. The normalized spacial score (nSPS) is 19.2. The Morgan fingerprint density at radius 2 is 2.08 bits per heavy atom. The lowest BCUT2D eigenvalue weighted by molar-refractivity contribution is -0.126. The van der Waals surface area contributed by atoms with E-state index in [4.69, 9.17) is 0 Å². The second-order valence-electron chi connectivity index (χ2n) is 7.75. The molecule has 0 radical (unpaired) electrons. The zero-order valence-corrected chi connectivity index (χ0v) is 16.4. The molecule has 1 aliphatic rings. The fraction of sp³-hybridized carbons (Fsp3) is 0.650. The van der Waals surface area contributed by atoms with Gasteiger partial charge < -0.3 is 5.32 Å². The van der Waals surface area contributed by atoms with Crippen molar-refractivity contribution in [3.8, 4) is 0 Å². The molecule has 1 fully saturated rings. The molecule has 24 heavy (non-hydrogen) atoms. The summed E-state index contributed by atoms with van der Waals surface area (Å²) in [4.78, 5) is 14.9. The second kappa shape index (κ2) is 8.91. The van der Waals surface area contributed by atoms with Gasteiger partial charge in [0.15, 0.2) is 0 Å². The number of rotatable bonds is 6. The zero-order valence-electron chi connectivity index (χ0n) is 15.6. The summed E-state index contributed by atoms with van der Waals surface area (Å²) in [5.41, 5.74) is 2.71. The summed E-state index contributed by atoms with van der Waals surface area (Å²) in [5, 5.41) is 3.13. The van der Waals surface area contributed by atoms with E-state index in [2.05, 4.69) is 62.2 Å². The molecule has 3 nitrogen and oxygen atoms in total. The van der Waals surface area contributed by atoms with Crippen molar-refractivity contribution in [1.82, 2.24) is 10.2 Å². The molecular formula is C20H32N2OS. The number of amides is 1. The van der Waals surface area contributed by atoms with Crippen molar-refractivity contribution in [3.63, 3.8) is 0 Å². The summed E-state index contributed by atoms with van der Waals surface area (Å²) in [5.74, 6) is 1.36. The van der Waals surface area contributed by atoms with Gasteiger partial charge in [-0.15, -0.1) is 0 Å². The number of hydrogen-bond donors (Lipinski definition) is 1. The third-order valence-electron chi connectivity index (χ3n) is 4.47. The van der Waals surface area contributed by atoms with Crippen LogP contribution in [0.2, 0.25) is 0 Å². The average molecular weight is 349 g/mol. The number of carbonyl (C=O) groups excluding carboxylic acids is 1. The largest absolute Gasteiger partial charge is 0.355 e. The summed E-state index contributed by atoms with van der Waals surface area (Å²) in [6, 6.07) is 8.54. The Hall–Kier alpha value is -1.00. The first-order valence-electron chi connectivity index (χ1n) is 9.04. The topological polar surface area (TPSA) is 32.3 Å². The fourth-order valence-corrected chi connectivity index (χ4v) is 3.93. The summed E-state index contributed by atoms with van der Waals surface area (Å²) in [7, 11) is 0. The van der Waals surface area contributed by atoms with Crippen LogP contribution in [0, 0.1) is 12.8 Å². The molecule has 0 spiro atoms. The van der Waals surface area contributed by atoms with Crippen molar-refractivity contribution in [2.24, 2.45) is 5.92 Å². The van der Waals surface area contributed by atoms with Crippen LogP contribution in [-0.2, 0) is 11.3 Å². The minimum atomic E-state index is 0.141. The average Bonchev–Trinajstić information content (AvgIpc) is 2.53. The van der Waals surface area contributed by atoms with E-state index in [1.165, 1.54) is 11.1 Å². The third-order valence-corrected chi connectivity index (χ3v) is 5.74. The maximum absolute atomic E-state index is 12.4. The molecule has 0 bridgehead atoms. The van der Waals surface area contributed by atoms with E-state index >= 15 is 0 Å². The van der Waals surface area contributed by atoms with Gasteiger partial charge in [0, 0.05) is 30.1 Å².